The van der Waals surface area contributed by atoms with Gasteiger partial charge in [0.2, 0.25) is 11.8 Å². The predicted molar refractivity (Wildman–Crippen MR) is 221 cm³/mol. The second kappa shape index (κ2) is 14.5. The van der Waals surface area contributed by atoms with E-state index in [9.17, 15) is 24.6 Å². The zero-order valence-electron chi connectivity index (χ0n) is 32.4. The van der Waals surface area contributed by atoms with E-state index in [0.717, 1.165) is 52.0 Å². The predicted octanol–water partition coefficient (Wildman–Crippen LogP) is 4.98. The molecule has 1 aliphatic heterocycles. The fourth-order valence-electron chi connectivity index (χ4n) is 8.72. The number of aromatic amines is 1. The molecule has 13 nitrogen and oxygen atoms in total. The van der Waals surface area contributed by atoms with Gasteiger partial charge < -0.3 is 36.0 Å². The Morgan fingerprint density at radius 2 is 1.79 bits per heavy atom. The minimum atomic E-state index is -1.64. The molecule has 0 radical (unpaired) electrons. The molecule has 3 aromatic heterocycles. The summed E-state index contributed by atoms with van der Waals surface area (Å²) in [6.07, 6.45) is 2.09. The van der Waals surface area contributed by atoms with Gasteiger partial charge in [-0.1, -0.05) is 57.2 Å². The number of phenols is 1. The highest BCUT2D eigenvalue weighted by Gasteiger charge is 2.68. The third-order valence-corrected chi connectivity index (χ3v) is 13.9. The molecule has 15 heteroatoms. The average molecular weight is 809 g/mol. The van der Waals surface area contributed by atoms with Crippen LogP contribution in [0.25, 0.3) is 32.7 Å². The highest BCUT2D eigenvalue weighted by atomic mass is 32.1. The Morgan fingerprint density at radius 1 is 1.05 bits per heavy atom. The van der Waals surface area contributed by atoms with Crippen molar-refractivity contribution < 1.29 is 24.6 Å². The number of thiol groups is 1. The molecule has 1 unspecified atom stereocenters. The monoisotopic (exact) mass is 808 g/mol. The van der Waals surface area contributed by atoms with Crippen molar-refractivity contribution in [1.82, 2.24) is 41.0 Å². The minimum absolute atomic E-state index is 0.0129. The molecule has 5 aromatic rings. The Morgan fingerprint density at radius 3 is 2.47 bits per heavy atom. The van der Waals surface area contributed by atoms with Gasteiger partial charge in [0.15, 0.2) is 10.5 Å². The van der Waals surface area contributed by atoms with Crippen molar-refractivity contribution >= 4 is 52.7 Å². The van der Waals surface area contributed by atoms with Crippen molar-refractivity contribution in [3.8, 4) is 27.4 Å². The van der Waals surface area contributed by atoms with Crippen LogP contribution in [0.15, 0.2) is 66.2 Å². The molecule has 4 heterocycles. The molecule has 3 amide bonds. The normalized spacial score (nSPS) is 23.7. The first-order valence-electron chi connectivity index (χ1n) is 19.3. The summed E-state index contributed by atoms with van der Waals surface area (Å²) in [4.78, 5) is 49.9. The van der Waals surface area contributed by atoms with Gasteiger partial charge in [-0.2, -0.15) is 0 Å². The number of hydrogen-bond donors (Lipinski definition) is 7. The van der Waals surface area contributed by atoms with E-state index in [1.807, 2.05) is 75.7 Å². The van der Waals surface area contributed by atoms with Crippen molar-refractivity contribution in [2.75, 3.05) is 13.1 Å². The lowest BCUT2D eigenvalue weighted by atomic mass is 9.38. The number of fused-ring (bicyclic) bond motifs is 1. The third kappa shape index (κ3) is 7.19. The number of benzene rings is 2. The summed E-state index contributed by atoms with van der Waals surface area (Å²) in [5, 5.41) is 40.0. The van der Waals surface area contributed by atoms with Crippen LogP contribution in [0.1, 0.15) is 69.8 Å². The summed E-state index contributed by atoms with van der Waals surface area (Å²) in [5.74, 6) is -1.09. The molecule has 3 atom stereocenters. The molecule has 4 aliphatic rings. The second-order valence-corrected chi connectivity index (χ2v) is 18.6. The Balaban J connectivity index is 0.849. The largest absolute Gasteiger partial charge is 0.507 e. The lowest BCUT2D eigenvalue weighted by Gasteiger charge is -2.70. The molecular weight excluding hydrogens is 761 g/mol. The van der Waals surface area contributed by atoms with Gasteiger partial charge in [0.25, 0.3) is 5.91 Å². The van der Waals surface area contributed by atoms with Gasteiger partial charge in [-0.25, -0.2) is 4.98 Å². The Bertz CT molecular complexity index is 2330. The van der Waals surface area contributed by atoms with Crippen molar-refractivity contribution in [2.45, 2.75) is 94.3 Å². The van der Waals surface area contributed by atoms with E-state index in [1.54, 1.807) is 23.5 Å². The van der Waals surface area contributed by atoms with Gasteiger partial charge in [0.1, 0.15) is 11.8 Å². The van der Waals surface area contributed by atoms with Crippen LogP contribution in [-0.4, -0.2) is 88.6 Å². The van der Waals surface area contributed by atoms with Crippen molar-refractivity contribution in [3.63, 3.8) is 0 Å². The summed E-state index contributed by atoms with van der Waals surface area (Å²) < 4.78 is 0. The maximum Gasteiger partial charge on any atom is 0.259 e. The summed E-state index contributed by atoms with van der Waals surface area (Å²) in [6, 6.07) is 18.1. The molecule has 3 saturated carbocycles. The number of rotatable bonds is 12. The molecule has 57 heavy (non-hydrogen) atoms. The lowest BCUT2D eigenvalue weighted by molar-refractivity contribution is -0.145. The number of aromatic hydroxyl groups is 1. The molecule has 298 valence electrons. The van der Waals surface area contributed by atoms with E-state index < -0.39 is 28.3 Å². The number of aliphatic hydroxyl groups is 1. The zero-order chi connectivity index (χ0) is 40.3. The van der Waals surface area contributed by atoms with Crippen LogP contribution in [0.2, 0.25) is 0 Å². The molecule has 0 spiro atoms. The van der Waals surface area contributed by atoms with E-state index in [1.165, 1.54) is 4.90 Å². The fraction of sp³-hybridized carbons (Fsp3) is 0.429. The Labute approximate surface area is 340 Å². The smallest absolute Gasteiger partial charge is 0.259 e. The summed E-state index contributed by atoms with van der Waals surface area (Å²) in [6.45, 7) is 8.06. The number of β-amino-alcohol motifs (C(OH)–C–C–N with tert-alkyl or cyclic N) is 1. The number of phenolic OH excluding ortho intramolecular Hbond substituents is 1. The third-order valence-electron chi connectivity index (χ3n) is 12.0. The molecule has 9 rings (SSSR count). The van der Waals surface area contributed by atoms with Gasteiger partial charge >= 0.3 is 0 Å². The first-order chi connectivity index (χ1) is 27.1. The topological polar surface area (TPSA) is 185 Å². The number of para-hydroxylation sites is 1. The zero-order valence-corrected chi connectivity index (χ0v) is 34.1. The fourth-order valence-corrected chi connectivity index (χ4v) is 9.79. The van der Waals surface area contributed by atoms with Crippen LogP contribution in [0.5, 0.6) is 5.75 Å². The molecule has 3 aliphatic carbocycles. The maximum absolute atomic E-state index is 14.3. The van der Waals surface area contributed by atoms with Crippen LogP contribution >= 0.6 is 24.0 Å². The van der Waals surface area contributed by atoms with Crippen LogP contribution < -0.4 is 16.0 Å². The number of aromatic nitrogens is 4. The SMILES string of the molecule is Cc1ncsc1-c1ccc(CNC(=O)[C@@H]2C[C@@H](O)CN2C(=O)C(S)(NC(=O)CCNC23CC(c4cc5cc(-c6ccccc6O)nnc5[nH]4)(C2)C3)C(C)(C)C)cc1. The number of amides is 3. The van der Waals surface area contributed by atoms with Gasteiger partial charge in [-0.3, -0.25) is 14.4 Å². The number of nitrogens with zero attached hydrogens (tertiary/aromatic N) is 4. The van der Waals surface area contributed by atoms with Crippen LogP contribution in [0, 0.1) is 12.3 Å². The second-order valence-electron chi connectivity index (χ2n) is 17.1. The highest BCUT2D eigenvalue weighted by Crippen LogP contribution is 2.67. The molecule has 4 fully saturated rings. The average Bonchev–Trinajstić information content (AvgIpc) is 3.88. The first kappa shape index (κ1) is 39.0. The van der Waals surface area contributed by atoms with Crippen LogP contribution in [0.3, 0.4) is 0 Å². The molecule has 6 N–H and O–H groups in total. The van der Waals surface area contributed by atoms with E-state index in [2.05, 4.69) is 42.2 Å². The number of aryl methyl sites for hydroxylation is 1. The van der Waals surface area contributed by atoms with Gasteiger partial charge in [-0.15, -0.1) is 34.2 Å². The minimum Gasteiger partial charge on any atom is -0.507 e. The number of thiazole rings is 1. The van der Waals surface area contributed by atoms with E-state index in [4.69, 9.17) is 12.6 Å². The van der Waals surface area contributed by atoms with E-state index in [-0.39, 0.29) is 54.4 Å². The van der Waals surface area contributed by atoms with Crippen molar-refractivity contribution in [1.29, 1.82) is 0 Å². The quantitative estimate of drug-likeness (QED) is 0.0675. The summed E-state index contributed by atoms with van der Waals surface area (Å²) in [5.41, 5.74) is 6.91. The number of carbonyl (C=O) groups is 3. The van der Waals surface area contributed by atoms with Crippen LogP contribution in [0.4, 0.5) is 0 Å². The van der Waals surface area contributed by atoms with Gasteiger partial charge in [0.05, 0.1) is 27.9 Å². The summed E-state index contributed by atoms with van der Waals surface area (Å²) in [7, 11) is 0. The maximum atomic E-state index is 14.3. The lowest BCUT2D eigenvalue weighted by Crippen LogP contribution is -2.76. The van der Waals surface area contributed by atoms with E-state index in [0.29, 0.717) is 23.4 Å². The van der Waals surface area contributed by atoms with E-state index >= 15 is 0 Å². The standard InChI is InChI=1S/C42H48N8O5S2/c1-24-35(57-23-44-24)26-11-9-25(10-12-26)18-43-37(54)31-17-28(51)19-50(31)38(55)42(56,39(2,3)4)47-34(53)13-14-45-41-20-40(21-41,22-41)33-16-27-15-30(48-49-36(27)46-33)29-7-5-6-8-32(29)52/h5-12,15-16,23,28,31,45,51-52,56H,13-14,17-22H2,1-4H3,(H,43,54)(H,46,49)(H,47,53)/t28-,31+,40?,41?,42?/m1/s1. The number of hydrogen-bond acceptors (Lipinski definition) is 11. The van der Waals surface area contributed by atoms with Gasteiger partial charge in [0, 0.05) is 65.5 Å². The first-order valence-corrected chi connectivity index (χ1v) is 20.6. The number of nitrogens with one attached hydrogen (secondary N) is 4. The van der Waals surface area contributed by atoms with Crippen molar-refractivity contribution in [2.24, 2.45) is 5.41 Å². The molecule has 2 bridgehead atoms. The van der Waals surface area contributed by atoms with Gasteiger partial charge in [-0.05, 0) is 61.6 Å². The Hall–Kier alpha value is -4.83. The molecular formula is C42H48N8O5S2. The highest BCUT2D eigenvalue weighted by molar-refractivity contribution is 7.82. The molecule has 2 aromatic carbocycles. The Kier molecular flexibility index (Phi) is 9.94. The molecule has 1 saturated heterocycles. The summed E-state index contributed by atoms with van der Waals surface area (Å²) >= 11 is 6.41. The number of likely N-dealkylation sites (tertiary alicyclic amines) is 1. The van der Waals surface area contributed by atoms with Crippen molar-refractivity contribution in [3.05, 3.63) is 83.1 Å². The van der Waals surface area contributed by atoms with Crippen LogP contribution in [-0.2, 0) is 26.3 Å². The number of H-pyrrole nitrogens is 1. The number of aliphatic hydroxyl groups excluding tert-OH is 1. The number of carbonyl (C=O) groups excluding carboxylic acids is 3.